The van der Waals surface area contributed by atoms with Crippen LogP contribution in [-0.2, 0) is 0 Å². The molecule has 0 atom stereocenters. The molecule has 0 aliphatic rings. The van der Waals surface area contributed by atoms with Crippen molar-refractivity contribution in [3.63, 3.8) is 0 Å². The number of ether oxygens (including phenoxy) is 1. The Morgan fingerprint density at radius 1 is 1.30 bits per heavy atom. The van der Waals surface area contributed by atoms with Crippen LogP contribution in [-0.4, -0.2) is 21.1 Å². The minimum Gasteiger partial charge on any atom is -0.461 e. The van der Waals surface area contributed by atoms with Crippen LogP contribution in [0, 0.1) is 9.39 Å². The maximum atomic E-state index is 13.0. The monoisotopic (exact) mass is 408 g/mol. The minimum atomic E-state index is -0.308. The van der Waals surface area contributed by atoms with Crippen LogP contribution in [0.25, 0.3) is 0 Å². The molecule has 0 bridgehead atoms. The first-order valence-corrected chi connectivity index (χ1v) is 7.20. The van der Waals surface area contributed by atoms with E-state index in [1.165, 1.54) is 12.1 Å². The van der Waals surface area contributed by atoms with Gasteiger partial charge in [-0.1, -0.05) is 0 Å². The van der Waals surface area contributed by atoms with Crippen molar-refractivity contribution in [1.29, 1.82) is 0 Å². The highest BCUT2D eigenvalue weighted by molar-refractivity contribution is 14.1. The smallest absolute Gasteiger partial charge is 0.322 e. The van der Waals surface area contributed by atoms with E-state index in [2.05, 4.69) is 20.3 Å². The van der Waals surface area contributed by atoms with E-state index in [4.69, 9.17) is 16.3 Å². The first-order chi connectivity index (χ1) is 9.44. The Bertz CT molecular complexity index is 626. The van der Waals surface area contributed by atoms with Crippen molar-refractivity contribution < 1.29 is 9.13 Å². The molecule has 1 aromatic heterocycles. The lowest BCUT2D eigenvalue weighted by atomic mass is 10.3. The van der Waals surface area contributed by atoms with E-state index in [0.717, 1.165) is 0 Å². The quantitative estimate of drug-likeness (QED) is 0.780. The molecule has 0 fully saturated rings. The third-order valence-electron chi connectivity index (χ3n) is 2.11. The van der Waals surface area contributed by atoms with Gasteiger partial charge in [0.25, 0.3) is 0 Å². The fraction of sp³-hybridized carbons (Fsp3) is 0.250. The molecule has 0 unspecified atom stereocenters. The van der Waals surface area contributed by atoms with Crippen LogP contribution in [0.15, 0.2) is 18.2 Å². The molecule has 0 saturated heterocycles. The van der Waals surface area contributed by atoms with Crippen molar-refractivity contribution in [2.24, 2.45) is 0 Å². The van der Waals surface area contributed by atoms with E-state index < -0.39 is 0 Å². The highest BCUT2D eigenvalue weighted by Gasteiger charge is 2.09. The normalized spacial score (nSPS) is 10.7. The summed E-state index contributed by atoms with van der Waals surface area (Å²) in [5.41, 5.74) is 0.671. The maximum Gasteiger partial charge on any atom is 0.322 e. The number of hydrogen-bond donors (Lipinski definition) is 1. The van der Waals surface area contributed by atoms with Crippen molar-refractivity contribution in [3.8, 4) is 6.01 Å². The summed E-state index contributed by atoms with van der Waals surface area (Å²) in [4.78, 5) is 11.9. The Balaban J connectivity index is 2.26. The SMILES string of the molecule is CC(C)Oc1nc(Cl)nc(Nc2ccc(F)cc2I)n1. The second-order valence-corrected chi connectivity index (χ2v) is 5.63. The summed E-state index contributed by atoms with van der Waals surface area (Å²) in [7, 11) is 0. The molecule has 0 aliphatic heterocycles. The third-order valence-corrected chi connectivity index (χ3v) is 3.17. The van der Waals surface area contributed by atoms with Gasteiger partial charge in [-0.2, -0.15) is 15.0 Å². The van der Waals surface area contributed by atoms with Crippen LogP contribution < -0.4 is 10.1 Å². The molecular formula is C12H11ClFIN4O. The molecular weight excluding hydrogens is 398 g/mol. The molecule has 106 valence electrons. The zero-order valence-corrected chi connectivity index (χ0v) is 13.6. The molecule has 1 aromatic carbocycles. The van der Waals surface area contributed by atoms with Gasteiger partial charge in [0.15, 0.2) is 0 Å². The predicted octanol–water partition coefficient (Wildman–Crippen LogP) is 3.80. The van der Waals surface area contributed by atoms with Crippen LogP contribution in [0.3, 0.4) is 0 Å². The van der Waals surface area contributed by atoms with Gasteiger partial charge in [0, 0.05) is 3.57 Å². The van der Waals surface area contributed by atoms with Gasteiger partial charge in [-0.25, -0.2) is 4.39 Å². The van der Waals surface area contributed by atoms with E-state index in [1.54, 1.807) is 6.07 Å². The highest BCUT2D eigenvalue weighted by Crippen LogP contribution is 2.23. The number of aromatic nitrogens is 3. The van der Waals surface area contributed by atoms with E-state index in [1.807, 2.05) is 36.4 Å². The van der Waals surface area contributed by atoms with Crippen LogP contribution in [0.1, 0.15) is 13.8 Å². The van der Waals surface area contributed by atoms with Gasteiger partial charge in [0.05, 0.1) is 11.8 Å². The number of anilines is 2. The van der Waals surface area contributed by atoms with Crippen molar-refractivity contribution in [3.05, 3.63) is 32.9 Å². The van der Waals surface area contributed by atoms with Crippen LogP contribution in [0.5, 0.6) is 6.01 Å². The molecule has 8 heteroatoms. The van der Waals surface area contributed by atoms with Gasteiger partial charge in [0.2, 0.25) is 11.2 Å². The number of rotatable bonds is 4. The molecule has 5 nitrogen and oxygen atoms in total. The number of nitrogens with one attached hydrogen (secondary N) is 1. The molecule has 20 heavy (non-hydrogen) atoms. The molecule has 0 radical (unpaired) electrons. The summed E-state index contributed by atoms with van der Waals surface area (Å²) in [5.74, 6) is -0.0670. The lowest BCUT2D eigenvalue weighted by Crippen LogP contribution is -2.10. The summed E-state index contributed by atoms with van der Waals surface area (Å²) in [6.45, 7) is 3.71. The minimum absolute atomic E-state index is 0.0234. The van der Waals surface area contributed by atoms with Crippen LogP contribution in [0.2, 0.25) is 5.28 Å². The lowest BCUT2D eigenvalue weighted by molar-refractivity contribution is 0.222. The van der Waals surface area contributed by atoms with Crippen LogP contribution in [0.4, 0.5) is 16.0 Å². The van der Waals surface area contributed by atoms with E-state index >= 15 is 0 Å². The first kappa shape index (κ1) is 15.2. The first-order valence-electron chi connectivity index (χ1n) is 5.74. The zero-order valence-electron chi connectivity index (χ0n) is 10.7. The summed E-state index contributed by atoms with van der Waals surface area (Å²) in [6.07, 6.45) is -0.0766. The summed E-state index contributed by atoms with van der Waals surface area (Å²) in [6, 6.07) is 4.48. The number of nitrogens with zero attached hydrogens (tertiary/aromatic N) is 3. The topological polar surface area (TPSA) is 59.9 Å². The second-order valence-electron chi connectivity index (χ2n) is 4.13. The van der Waals surface area contributed by atoms with Crippen molar-refractivity contribution in [1.82, 2.24) is 15.0 Å². The van der Waals surface area contributed by atoms with E-state index in [-0.39, 0.29) is 29.2 Å². The van der Waals surface area contributed by atoms with Gasteiger partial charge in [0.1, 0.15) is 5.82 Å². The van der Waals surface area contributed by atoms with Crippen molar-refractivity contribution >= 4 is 45.8 Å². The Labute approximate surface area is 134 Å². The van der Waals surface area contributed by atoms with Crippen LogP contribution >= 0.6 is 34.2 Å². The number of halogens is 3. The second kappa shape index (κ2) is 6.49. The standard InChI is InChI=1S/C12H11ClFIN4O/c1-6(2)20-12-18-10(13)17-11(19-12)16-9-4-3-7(14)5-8(9)15/h3-6H,1-2H3,(H,16,17,18,19). The van der Waals surface area contributed by atoms with Crippen molar-refractivity contribution in [2.45, 2.75) is 20.0 Å². The average molecular weight is 409 g/mol. The molecule has 0 aliphatic carbocycles. The molecule has 1 heterocycles. The van der Waals surface area contributed by atoms with Gasteiger partial charge in [-0.05, 0) is 66.2 Å². The molecule has 2 aromatic rings. The number of hydrogen-bond acceptors (Lipinski definition) is 5. The fourth-order valence-electron chi connectivity index (χ4n) is 1.36. The molecule has 0 saturated carbocycles. The summed E-state index contributed by atoms with van der Waals surface area (Å²) >= 11 is 7.83. The van der Waals surface area contributed by atoms with E-state index in [0.29, 0.717) is 9.26 Å². The highest BCUT2D eigenvalue weighted by atomic mass is 127. The van der Waals surface area contributed by atoms with Gasteiger partial charge >= 0.3 is 6.01 Å². The largest absolute Gasteiger partial charge is 0.461 e. The average Bonchev–Trinajstić information content (AvgIpc) is 2.31. The molecule has 2 rings (SSSR count). The predicted molar refractivity (Wildman–Crippen MR) is 83.0 cm³/mol. The molecule has 0 amide bonds. The Kier molecular flexibility index (Phi) is 4.92. The molecule has 0 spiro atoms. The summed E-state index contributed by atoms with van der Waals surface area (Å²) in [5, 5.41) is 2.98. The Morgan fingerprint density at radius 2 is 2.05 bits per heavy atom. The van der Waals surface area contributed by atoms with Crippen molar-refractivity contribution in [2.75, 3.05) is 5.32 Å². The zero-order chi connectivity index (χ0) is 14.7. The third kappa shape index (κ3) is 4.14. The lowest BCUT2D eigenvalue weighted by Gasteiger charge is -2.10. The fourth-order valence-corrected chi connectivity index (χ4v) is 2.13. The van der Waals surface area contributed by atoms with E-state index in [9.17, 15) is 4.39 Å². The Morgan fingerprint density at radius 3 is 2.70 bits per heavy atom. The van der Waals surface area contributed by atoms with Gasteiger partial charge < -0.3 is 10.1 Å². The number of benzene rings is 1. The maximum absolute atomic E-state index is 13.0. The van der Waals surface area contributed by atoms with Gasteiger partial charge in [-0.3, -0.25) is 0 Å². The van der Waals surface area contributed by atoms with Gasteiger partial charge in [-0.15, -0.1) is 0 Å². The Hall–Kier alpha value is -1.22. The molecule has 1 N–H and O–H groups in total. The summed E-state index contributed by atoms with van der Waals surface area (Å²) < 4.78 is 19.1.